The Bertz CT molecular complexity index is 489. The summed E-state index contributed by atoms with van der Waals surface area (Å²) < 4.78 is 10.0. The minimum atomic E-state index is -0.637. The van der Waals surface area contributed by atoms with Gasteiger partial charge in [-0.2, -0.15) is 11.8 Å². The quantitative estimate of drug-likeness (QED) is 0.546. The van der Waals surface area contributed by atoms with Gasteiger partial charge in [0, 0.05) is 50.4 Å². The highest BCUT2D eigenvalue weighted by atomic mass is 32.2. The summed E-state index contributed by atoms with van der Waals surface area (Å²) in [5.74, 6) is 0.878. The number of nitrogens with zero attached hydrogens (tertiary/aromatic N) is 1. The Morgan fingerprint density at radius 3 is 2.74 bits per heavy atom. The van der Waals surface area contributed by atoms with E-state index in [2.05, 4.69) is 15.5 Å². The molecule has 2 N–H and O–H groups in total. The molecule has 0 saturated carbocycles. The third-order valence-corrected chi connectivity index (χ3v) is 4.61. The molecule has 0 unspecified atom stereocenters. The molecule has 0 aromatic carbocycles. The summed E-state index contributed by atoms with van der Waals surface area (Å²) in [4.78, 5) is 25.9. The van der Waals surface area contributed by atoms with Crippen molar-refractivity contribution in [2.45, 2.75) is 6.04 Å². The molecule has 0 bridgehead atoms. The standard InChI is InChI=1S/C15H23N3O4S/c1-21-7-3-16-14(19)15(20)17-10-13(12-2-6-22-11-12)18-4-8-23-9-5-18/h2,6,11,13H,3-5,7-10H2,1H3,(H,16,19)(H,17,20)/t13-/m1/s1. The fraction of sp³-hybridized carbons (Fsp3) is 0.600. The van der Waals surface area contributed by atoms with Crippen LogP contribution in [0.25, 0.3) is 0 Å². The highest BCUT2D eigenvalue weighted by Gasteiger charge is 2.24. The van der Waals surface area contributed by atoms with Gasteiger partial charge < -0.3 is 19.8 Å². The number of thioether (sulfide) groups is 1. The van der Waals surface area contributed by atoms with Crippen molar-refractivity contribution < 1.29 is 18.7 Å². The minimum Gasteiger partial charge on any atom is -0.472 e. The van der Waals surface area contributed by atoms with Gasteiger partial charge in [-0.25, -0.2) is 0 Å². The molecule has 0 radical (unpaired) electrons. The van der Waals surface area contributed by atoms with Crippen molar-refractivity contribution in [1.29, 1.82) is 0 Å². The molecule has 0 spiro atoms. The summed E-state index contributed by atoms with van der Waals surface area (Å²) in [5.41, 5.74) is 1.01. The molecular formula is C15H23N3O4S. The molecule has 2 rings (SSSR count). The van der Waals surface area contributed by atoms with Crippen LogP contribution in [0.2, 0.25) is 0 Å². The Labute approximate surface area is 140 Å². The van der Waals surface area contributed by atoms with Crippen LogP contribution in [0.4, 0.5) is 0 Å². The lowest BCUT2D eigenvalue weighted by Gasteiger charge is -2.33. The highest BCUT2D eigenvalue weighted by Crippen LogP contribution is 2.24. The van der Waals surface area contributed by atoms with Crippen molar-refractivity contribution in [3.8, 4) is 0 Å². The van der Waals surface area contributed by atoms with Crippen LogP contribution in [0.3, 0.4) is 0 Å². The van der Waals surface area contributed by atoms with Crippen LogP contribution in [-0.4, -0.2) is 68.1 Å². The highest BCUT2D eigenvalue weighted by molar-refractivity contribution is 7.99. The molecule has 0 aliphatic carbocycles. The summed E-state index contributed by atoms with van der Waals surface area (Å²) in [6.07, 6.45) is 3.32. The third kappa shape index (κ3) is 5.56. The number of furan rings is 1. The summed E-state index contributed by atoms with van der Waals surface area (Å²) in [6.45, 7) is 2.98. The maximum atomic E-state index is 11.9. The minimum absolute atomic E-state index is 0.0189. The first-order valence-corrected chi connectivity index (χ1v) is 8.76. The van der Waals surface area contributed by atoms with E-state index < -0.39 is 11.8 Å². The molecule has 1 atom stereocenters. The largest absolute Gasteiger partial charge is 0.472 e. The van der Waals surface area contributed by atoms with Gasteiger partial charge in [0.1, 0.15) is 0 Å². The second-order valence-electron chi connectivity index (χ2n) is 5.18. The summed E-state index contributed by atoms with van der Waals surface area (Å²) in [6, 6.07) is 1.92. The molecule has 2 amide bonds. The Kier molecular flexibility index (Phi) is 7.44. The maximum Gasteiger partial charge on any atom is 0.309 e. The van der Waals surface area contributed by atoms with E-state index in [1.807, 2.05) is 17.8 Å². The third-order valence-electron chi connectivity index (χ3n) is 3.67. The first-order chi connectivity index (χ1) is 11.2. The number of methoxy groups -OCH3 is 1. The first-order valence-electron chi connectivity index (χ1n) is 7.61. The van der Waals surface area contributed by atoms with Gasteiger partial charge in [0.25, 0.3) is 0 Å². The van der Waals surface area contributed by atoms with Gasteiger partial charge in [0.15, 0.2) is 0 Å². The second-order valence-corrected chi connectivity index (χ2v) is 6.40. The van der Waals surface area contributed by atoms with E-state index >= 15 is 0 Å². The van der Waals surface area contributed by atoms with E-state index in [1.165, 1.54) is 0 Å². The lowest BCUT2D eigenvalue weighted by atomic mass is 10.1. The van der Waals surface area contributed by atoms with Gasteiger partial charge in [0.2, 0.25) is 0 Å². The van der Waals surface area contributed by atoms with Crippen molar-refractivity contribution in [3.63, 3.8) is 0 Å². The first kappa shape index (κ1) is 17.8. The molecule has 1 aliphatic rings. The number of hydrogen-bond donors (Lipinski definition) is 2. The smallest absolute Gasteiger partial charge is 0.309 e. The van der Waals surface area contributed by atoms with E-state index in [0.717, 1.165) is 30.2 Å². The number of carbonyl (C=O) groups excluding carboxylic acids is 2. The number of carbonyl (C=O) groups is 2. The van der Waals surface area contributed by atoms with Crippen LogP contribution < -0.4 is 10.6 Å². The van der Waals surface area contributed by atoms with E-state index in [9.17, 15) is 9.59 Å². The lowest BCUT2D eigenvalue weighted by molar-refractivity contribution is -0.139. The van der Waals surface area contributed by atoms with E-state index in [4.69, 9.17) is 9.15 Å². The Balaban J connectivity index is 1.88. The number of rotatable bonds is 7. The molecule has 23 heavy (non-hydrogen) atoms. The zero-order valence-electron chi connectivity index (χ0n) is 13.2. The number of hydrogen-bond acceptors (Lipinski definition) is 6. The van der Waals surface area contributed by atoms with Crippen molar-refractivity contribution in [2.24, 2.45) is 0 Å². The van der Waals surface area contributed by atoms with Crippen LogP contribution in [0.1, 0.15) is 11.6 Å². The van der Waals surface area contributed by atoms with Crippen LogP contribution >= 0.6 is 11.8 Å². The SMILES string of the molecule is COCCNC(=O)C(=O)NC[C@H](c1ccoc1)N1CCSCC1. The van der Waals surface area contributed by atoms with Crippen molar-refractivity contribution in [1.82, 2.24) is 15.5 Å². The van der Waals surface area contributed by atoms with Crippen molar-refractivity contribution in [3.05, 3.63) is 24.2 Å². The Morgan fingerprint density at radius 1 is 1.35 bits per heavy atom. The molecular weight excluding hydrogens is 318 g/mol. The molecule has 128 valence electrons. The summed E-state index contributed by atoms with van der Waals surface area (Å²) in [5, 5.41) is 5.22. The lowest BCUT2D eigenvalue weighted by Crippen LogP contribution is -2.46. The predicted molar refractivity (Wildman–Crippen MR) is 88.2 cm³/mol. The van der Waals surface area contributed by atoms with Gasteiger partial charge in [-0.05, 0) is 6.07 Å². The molecule has 8 heteroatoms. The molecule has 2 heterocycles. The average molecular weight is 341 g/mol. The van der Waals surface area contributed by atoms with Gasteiger partial charge in [-0.3, -0.25) is 14.5 Å². The summed E-state index contributed by atoms with van der Waals surface area (Å²) in [7, 11) is 1.54. The Morgan fingerprint density at radius 2 is 2.09 bits per heavy atom. The number of ether oxygens (including phenoxy) is 1. The van der Waals surface area contributed by atoms with Crippen LogP contribution in [0, 0.1) is 0 Å². The number of amides is 2. The summed E-state index contributed by atoms with van der Waals surface area (Å²) >= 11 is 1.93. The zero-order chi connectivity index (χ0) is 16.5. The van der Waals surface area contributed by atoms with Gasteiger partial charge in [-0.1, -0.05) is 0 Å². The van der Waals surface area contributed by atoms with E-state index in [1.54, 1.807) is 19.6 Å². The van der Waals surface area contributed by atoms with Crippen LogP contribution in [0.15, 0.2) is 23.0 Å². The van der Waals surface area contributed by atoms with E-state index in [0.29, 0.717) is 19.7 Å². The normalized spacial score (nSPS) is 16.7. The topological polar surface area (TPSA) is 83.8 Å². The molecule has 7 nitrogen and oxygen atoms in total. The van der Waals surface area contributed by atoms with Crippen molar-refractivity contribution in [2.75, 3.05) is 51.4 Å². The van der Waals surface area contributed by atoms with Gasteiger partial charge in [-0.15, -0.1) is 0 Å². The van der Waals surface area contributed by atoms with Crippen LogP contribution in [-0.2, 0) is 14.3 Å². The number of nitrogens with one attached hydrogen (secondary N) is 2. The second kappa shape index (κ2) is 9.59. The fourth-order valence-electron chi connectivity index (χ4n) is 2.43. The average Bonchev–Trinajstić information content (AvgIpc) is 3.10. The molecule has 1 saturated heterocycles. The predicted octanol–water partition coefficient (Wildman–Crippen LogP) is 0.248. The van der Waals surface area contributed by atoms with E-state index in [-0.39, 0.29) is 6.04 Å². The molecule has 1 aromatic heterocycles. The maximum absolute atomic E-state index is 11.9. The molecule has 1 aliphatic heterocycles. The monoisotopic (exact) mass is 341 g/mol. The fourth-order valence-corrected chi connectivity index (χ4v) is 3.36. The zero-order valence-corrected chi connectivity index (χ0v) is 14.1. The van der Waals surface area contributed by atoms with Gasteiger partial charge in [0.05, 0.1) is 25.2 Å². The Hall–Kier alpha value is -1.51. The van der Waals surface area contributed by atoms with Crippen LogP contribution in [0.5, 0.6) is 0 Å². The molecule has 1 fully saturated rings. The molecule has 1 aromatic rings. The van der Waals surface area contributed by atoms with Gasteiger partial charge >= 0.3 is 11.8 Å². The van der Waals surface area contributed by atoms with Crippen molar-refractivity contribution >= 4 is 23.6 Å².